The van der Waals surface area contributed by atoms with Gasteiger partial charge in [-0.1, -0.05) is 72.3 Å². The van der Waals surface area contributed by atoms with Crippen LogP contribution in [-0.4, -0.2) is 31.8 Å². The molecule has 1 aliphatic rings. The fraction of sp³-hybridized carbons (Fsp3) is 0.200. The highest BCUT2D eigenvalue weighted by atomic mass is 35.5. The van der Waals surface area contributed by atoms with Gasteiger partial charge in [0.2, 0.25) is 0 Å². The Morgan fingerprint density at radius 2 is 1.52 bits per heavy atom. The van der Waals surface area contributed by atoms with Gasteiger partial charge >= 0.3 is 12.1 Å². The molecule has 0 radical (unpaired) electrons. The number of benzene rings is 3. The third kappa shape index (κ3) is 4.57. The van der Waals surface area contributed by atoms with Crippen LogP contribution in [0.1, 0.15) is 22.6 Å². The number of hydrogen-bond donors (Lipinski definition) is 1. The molecule has 0 aliphatic heterocycles. The number of esters is 1. The molecule has 0 heterocycles. The quantitative estimate of drug-likeness (QED) is 0.555. The van der Waals surface area contributed by atoms with Crippen LogP contribution >= 0.6 is 11.6 Å². The lowest BCUT2D eigenvalue weighted by Crippen LogP contribution is -2.43. The Bertz CT molecular complexity index is 1050. The molecule has 31 heavy (non-hydrogen) atoms. The molecule has 1 atom stereocenters. The Balaban J connectivity index is 1.44. The number of carbonyl (C=O) groups is 2. The molecule has 6 heteroatoms. The van der Waals surface area contributed by atoms with Crippen molar-refractivity contribution < 1.29 is 19.1 Å². The Kier molecular flexibility index (Phi) is 6.23. The first-order valence-electron chi connectivity index (χ1n) is 10.0. The number of ether oxygens (including phenoxy) is 2. The standard InChI is InChI=1S/C25H22ClNO4/c1-30-24(28)23(14-16-10-12-17(26)13-11-16)27-25(29)31-15-22-20-8-4-2-6-18(20)19-7-3-5-9-21(19)22/h2-13,22-23H,14-15H2,1H3,(H,27,29). The third-order valence-corrected chi connectivity index (χ3v) is 5.73. The Morgan fingerprint density at radius 1 is 0.935 bits per heavy atom. The molecule has 1 N–H and O–H groups in total. The molecule has 0 fully saturated rings. The number of amides is 1. The SMILES string of the molecule is COC(=O)C(Cc1ccc(Cl)cc1)NC(=O)OCC1c2ccccc2-c2ccccc21. The van der Waals surface area contributed by atoms with E-state index in [1.54, 1.807) is 24.3 Å². The minimum Gasteiger partial charge on any atom is -0.467 e. The van der Waals surface area contributed by atoms with E-state index in [-0.39, 0.29) is 18.9 Å². The summed E-state index contributed by atoms with van der Waals surface area (Å²) in [5, 5.41) is 3.23. The van der Waals surface area contributed by atoms with Gasteiger partial charge in [-0.15, -0.1) is 0 Å². The molecule has 3 aromatic carbocycles. The lowest BCUT2D eigenvalue weighted by atomic mass is 9.98. The van der Waals surface area contributed by atoms with Gasteiger partial charge in [0.15, 0.2) is 0 Å². The molecule has 5 nitrogen and oxygen atoms in total. The fourth-order valence-electron chi connectivity index (χ4n) is 3.97. The first kappa shape index (κ1) is 20.9. The average Bonchev–Trinajstić information content (AvgIpc) is 3.12. The predicted octanol–water partition coefficient (Wildman–Crippen LogP) is 4.96. The van der Waals surface area contributed by atoms with E-state index in [1.165, 1.54) is 7.11 Å². The monoisotopic (exact) mass is 435 g/mol. The van der Waals surface area contributed by atoms with Crippen molar-refractivity contribution in [3.05, 3.63) is 94.5 Å². The van der Waals surface area contributed by atoms with Gasteiger partial charge in [-0.3, -0.25) is 0 Å². The van der Waals surface area contributed by atoms with Crippen LogP contribution in [-0.2, 0) is 20.7 Å². The van der Waals surface area contributed by atoms with Crippen molar-refractivity contribution in [2.45, 2.75) is 18.4 Å². The highest BCUT2D eigenvalue weighted by Gasteiger charge is 2.30. The summed E-state index contributed by atoms with van der Waals surface area (Å²) in [5.41, 5.74) is 5.41. The van der Waals surface area contributed by atoms with Gasteiger partial charge in [-0.25, -0.2) is 9.59 Å². The van der Waals surface area contributed by atoms with Gasteiger partial charge < -0.3 is 14.8 Å². The molecular weight excluding hydrogens is 414 g/mol. The number of halogens is 1. The number of alkyl carbamates (subject to hydrolysis) is 1. The number of methoxy groups -OCH3 is 1. The maximum absolute atomic E-state index is 12.5. The van der Waals surface area contributed by atoms with Gasteiger partial charge in [0.25, 0.3) is 0 Å². The Morgan fingerprint density at radius 3 is 2.10 bits per heavy atom. The average molecular weight is 436 g/mol. The van der Waals surface area contributed by atoms with Crippen molar-refractivity contribution in [1.29, 1.82) is 0 Å². The van der Waals surface area contributed by atoms with Crippen LogP contribution in [0, 0.1) is 0 Å². The second kappa shape index (κ2) is 9.23. The van der Waals surface area contributed by atoms with E-state index < -0.39 is 18.1 Å². The molecule has 0 bridgehead atoms. The zero-order valence-corrected chi connectivity index (χ0v) is 17.8. The molecule has 1 amide bonds. The molecule has 4 rings (SSSR count). The first-order chi connectivity index (χ1) is 15.1. The summed E-state index contributed by atoms with van der Waals surface area (Å²) in [7, 11) is 1.29. The molecule has 0 spiro atoms. The van der Waals surface area contributed by atoms with Crippen LogP contribution in [0.5, 0.6) is 0 Å². The van der Waals surface area contributed by atoms with Crippen molar-refractivity contribution in [2.24, 2.45) is 0 Å². The summed E-state index contributed by atoms with van der Waals surface area (Å²) in [6.45, 7) is 0.175. The van der Waals surface area contributed by atoms with E-state index in [4.69, 9.17) is 21.1 Å². The molecule has 0 saturated heterocycles. The summed E-state index contributed by atoms with van der Waals surface area (Å²) in [6, 6.07) is 22.5. The van der Waals surface area contributed by atoms with Crippen LogP contribution < -0.4 is 5.32 Å². The van der Waals surface area contributed by atoms with Crippen LogP contribution in [0.3, 0.4) is 0 Å². The summed E-state index contributed by atoms with van der Waals surface area (Å²) in [5.74, 6) is -0.588. The van der Waals surface area contributed by atoms with E-state index in [0.29, 0.717) is 5.02 Å². The van der Waals surface area contributed by atoms with Crippen molar-refractivity contribution in [3.8, 4) is 11.1 Å². The van der Waals surface area contributed by atoms with Gasteiger partial charge in [0.05, 0.1) is 7.11 Å². The molecule has 1 unspecified atom stereocenters. The topological polar surface area (TPSA) is 64.6 Å². The smallest absolute Gasteiger partial charge is 0.407 e. The lowest BCUT2D eigenvalue weighted by Gasteiger charge is -2.18. The second-order valence-corrected chi connectivity index (χ2v) is 7.81. The molecule has 0 saturated carbocycles. The number of carbonyl (C=O) groups excluding carboxylic acids is 2. The van der Waals surface area contributed by atoms with E-state index >= 15 is 0 Å². The van der Waals surface area contributed by atoms with E-state index in [0.717, 1.165) is 27.8 Å². The van der Waals surface area contributed by atoms with Gasteiger partial charge in [-0.2, -0.15) is 0 Å². The number of nitrogens with one attached hydrogen (secondary N) is 1. The third-order valence-electron chi connectivity index (χ3n) is 5.47. The molecule has 3 aromatic rings. The summed E-state index contributed by atoms with van der Waals surface area (Å²) >= 11 is 5.92. The highest BCUT2D eigenvalue weighted by Crippen LogP contribution is 2.44. The van der Waals surface area contributed by atoms with Crippen LogP contribution in [0.2, 0.25) is 5.02 Å². The number of hydrogen-bond acceptors (Lipinski definition) is 4. The molecule has 1 aliphatic carbocycles. The van der Waals surface area contributed by atoms with E-state index in [9.17, 15) is 9.59 Å². The van der Waals surface area contributed by atoms with Gasteiger partial charge in [0, 0.05) is 17.4 Å². The van der Waals surface area contributed by atoms with Gasteiger partial charge in [-0.05, 0) is 39.9 Å². The first-order valence-corrected chi connectivity index (χ1v) is 10.4. The second-order valence-electron chi connectivity index (χ2n) is 7.38. The van der Waals surface area contributed by atoms with E-state index in [1.807, 2.05) is 24.3 Å². The Labute approximate surface area is 185 Å². The minimum absolute atomic E-state index is 0.0500. The summed E-state index contributed by atoms with van der Waals surface area (Å²) < 4.78 is 10.4. The lowest BCUT2D eigenvalue weighted by molar-refractivity contribution is -0.142. The zero-order valence-electron chi connectivity index (χ0n) is 17.0. The summed E-state index contributed by atoms with van der Waals surface area (Å²) in [6.07, 6.45) is -0.389. The maximum Gasteiger partial charge on any atom is 0.407 e. The van der Waals surface area contributed by atoms with Crippen LogP contribution in [0.4, 0.5) is 4.79 Å². The van der Waals surface area contributed by atoms with Crippen molar-refractivity contribution in [2.75, 3.05) is 13.7 Å². The largest absolute Gasteiger partial charge is 0.467 e. The van der Waals surface area contributed by atoms with Crippen molar-refractivity contribution in [3.63, 3.8) is 0 Å². The van der Waals surface area contributed by atoms with E-state index in [2.05, 4.69) is 29.6 Å². The number of fused-ring (bicyclic) bond motifs is 3. The molecule has 158 valence electrons. The van der Waals surface area contributed by atoms with Crippen LogP contribution in [0.25, 0.3) is 11.1 Å². The zero-order chi connectivity index (χ0) is 21.8. The van der Waals surface area contributed by atoms with Crippen molar-refractivity contribution >= 4 is 23.7 Å². The minimum atomic E-state index is -0.859. The van der Waals surface area contributed by atoms with Crippen molar-refractivity contribution in [1.82, 2.24) is 5.32 Å². The molecular formula is C25H22ClNO4. The van der Waals surface area contributed by atoms with Gasteiger partial charge in [0.1, 0.15) is 12.6 Å². The predicted molar refractivity (Wildman–Crippen MR) is 119 cm³/mol. The number of rotatable bonds is 6. The maximum atomic E-state index is 12.5. The highest BCUT2D eigenvalue weighted by molar-refractivity contribution is 6.30. The fourth-order valence-corrected chi connectivity index (χ4v) is 4.10. The molecule has 0 aromatic heterocycles. The summed E-state index contributed by atoms with van der Waals surface area (Å²) in [4.78, 5) is 24.7. The normalized spacial score (nSPS) is 13.1. The Hall–Kier alpha value is -3.31. The van der Waals surface area contributed by atoms with Crippen LogP contribution in [0.15, 0.2) is 72.8 Å².